The molecule has 3 aliphatic heterocycles. The van der Waals surface area contributed by atoms with Crippen LogP contribution in [0.5, 0.6) is 0 Å². The summed E-state index contributed by atoms with van der Waals surface area (Å²) >= 11 is 0. The predicted molar refractivity (Wildman–Crippen MR) is 219 cm³/mol. The molecule has 3 aliphatic rings. The molecule has 336 valence electrons. The molecule has 0 radical (unpaired) electrons. The van der Waals surface area contributed by atoms with Gasteiger partial charge < -0.3 is 64.4 Å². The normalized spacial score (nSPS) is 42.7. The summed E-state index contributed by atoms with van der Waals surface area (Å²) in [5.74, 6) is -6.06. The molecular formula is C44H71NO14. The second-order valence-electron chi connectivity index (χ2n) is 16.8. The van der Waals surface area contributed by atoms with Crippen LogP contribution < -0.4 is 5.73 Å². The van der Waals surface area contributed by atoms with Gasteiger partial charge in [0.2, 0.25) is 5.76 Å². The smallest absolute Gasteiger partial charge is 0.404 e. The van der Waals surface area contributed by atoms with Gasteiger partial charge >= 0.3 is 12.1 Å². The van der Waals surface area contributed by atoms with Crippen molar-refractivity contribution in [1.29, 1.82) is 0 Å². The molecule has 0 saturated carbocycles. The molecule has 3 heterocycles. The molecule has 2 saturated heterocycles. The second kappa shape index (κ2) is 22.6. The lowest BCUT2D eigenvalue weighted by Crippen LogP contribution is -2.59. The SMILES string of the molecule is C/C=C/[C@H]1O[C@@](O)([C@@H](C)[C@H](O)[C@H](C)[C@H]2OC(=O)/C(OC)=C/C=C/[C@@H](C)[C@@H](O)[C@@H](C)[C@@H](O)[C@H](C)C/C(C)=C/C=C/[C@@H]2OC)C[C@H](O[C@H]2C[C@@H](O)[C@H](OC(N)=O)[C@@H](C)O2)[C@@H]1C. The van der Waals surface area contributed by atoms with E-state index in [0.717, 1.165) is 5.57 Å². The number of aliphatic hydroxyl groups is 5. The number of hydrogen-bond acceptors (Lipinski definition) is 14. The number of cyclic esters (lactones) is 1. The lowest BCUT2D eigenvalue weighted by atomic mass is 9.77. The van der Waals surface area contributed by atoms with E-state index in [1.165, 1.54) is 20.3 Å². The van der Waals surface area contributed by atoms with Gasteiger partial charge in [-0.2, -0.15) is 0 Å². The first-order valence-electron chi connectivity index (χ1n) is 20.7. The van der Waals surface area contributed by atoms with Gasteiger partial charge in [0.25, 0.3) is 0 Å². The highest BCUT2D eigenvalue weighted by atomic mass is 16.7. The van der Waals surface area contributed by atoms with Crippen molar-refractivity contribution in [3.05, 3.63) is 59.9 Å². The van der Waals surface area contributed by atoms with Crippen LogP contribution >= 0.6 is 0 Å². The zero-order valence-corrected chi connectivity index (χ0v) is 36.5. The first kappa shape index (κ1) is 50.2. The van der Waals surface area contributed by atoms with Crippen LogP contribution in [0.2, 0.25) is 0 Å². The molecule has 1 amide bonds. The Kier molecular flexibility index (Phi) is 19.3. The second-order valence-corrected chi connectivity index (χ2v) is 16.8. The lowest BCUT2D eigenvalue weighted by molar-refractivity contribution is -0.338. The fourth-order valence-corrected chi connectivity index (χ4v) is 8.32. The number of carbonyl (C=O) groups is 2. The fraction of sp³-hybridized carbons (Fsp3) is 0.727. The standard InChI is InChI=1S/C44H71NO14/c1-12-15-32-26(5)35(56-36-21-31(46)41(30(9)55-36)58-43(45)51)22-44(52,59-32)29(8)39(49)28(7)40-33(53-10)18-13-16-23(2)20-25(4)38(48)27(6)37(47)24(3)17-14-19-34(54-11)42(50)57-40/h12-19,24-33,35-41,46-49,52H,20-22H2,1-11H3,(H2,45,51)/b15-12+,17-14+,18-13+,23-16+,34-19-/t24-,25-,26-,27-,28+,29+,30-,31-,32-,33+,35+,36+,37-,38+,39-,40-,41-,44-/m1/s1. The number of ether oxygens (including phenoxy) is 7. The Morgan fingerprint density at radius 3 is 2.27 bits per heavy atom. The molecule has 0 aromatic heterocycles. The number of amides is 1. The van der Waals surface area contributed by atoms with Crippen LogP contribution in [0, 0.1) is 35.5 Å². The van der Waals surface area contributed by atoms with Crippen LogP contribution in [0.1, 0.15) is 81.6 Å². The molecule has 0 aromatic rings. The van der Waals surface area contributed by atoms with E-state index >= 15 is 0 Å². The van der Waals surface area contributed by atoms with Crippen LogP contribution in [0.25, 0.3) is 0 Å². The van der Waals surface area contributed by atoms with Crippen LogP contribution in [0.15, 0.2) is 59.9 Å². The van der Waals surface area contributed by atoms with E-state index in [-0.39, 0.29) is 36.4 Å². The number of allylic oxidation sites excluding steroid dienone is 6. The molecule has 2 fully saturated rings. The van der Waals surface area contributed by atoms with Gasteiger partial charge in [-0.1, -0.05) is 89.6 Å². The molecule has 7 N–H and O–H groups in total. The molecule has 0 aromatic carbocycles. The average Bonchev–Trinajstić information content (AvgIpc) is 3.18. The van der Waals surface area contributed by atoms with Crippen LogP contribution in [-0.2, 0) is 38.0 Å². The number of primary amides is 1. The van der Waals surface area contributed by atoms with E-state index in [2.05, 4.69) is 0 Å². The first-order valence-corrected chi connectivity index (χ1v) is 20.7. The third kappa shape index (κ3) is 13.2. The topological polar surface area (TPSA) is 226 Å². The summed E-state index contributed by atoms with van der Waals surface area (Å²) in [7, 11) is 2.78. The Balaban J connectivity index is 1.97. The molecule has 59 heavy (non-hydrogen) atoms. The first-order chi connectivity index (χ1) is 27.7. The molecule has 0 unspecified atom stereocenters. The van der Waals surface area contributed by atoms with E-state index in [1.54, 1.807) is 57.2 Å². The number of rotatable bonds is 10. The number of methoxy groups -OCH3 is 2. The van der Waals surface area contributed by atoms with E-state index in [1.807, 2.05) is 47.6 Å². The third-order valence-electron chi connectivity index (χ3n) is 12.3. The number of hydrogen-bond donors (Lipinski definition) is 6. The highest BCUT2D eigenvalue weighted by molar-refractivity contribution is 5.86. The van der Waals surface area contributed by atoms with Crippen molar-refractivity contribution < 1.29 is 68.3 Å². The van der Waals surface area contributed by atoms with Crippen LogP contribution in [0.4, 0.5) is 4.79 Å². The number of nitrogens with two attached hydrogens (primary N) is 1. The minimum atomic E-state index is -1.97. The number of esters is 1. The molecule has 3 rings (SSSR count). The maximum Gasteiger partial charge on any atom is 0.404 e. The number of aliphatic hydroxyl groups excluding tert-OH is 4. The Bertz CT molecular complexity index is 1500. The van der Waals surface area contributed by atoms with E-state index in [0.29, 0.717) is 6.42 Å². The van der Waals surface area contributed by atoms with Gasteiger partial charge in [-0.3, -0.25) is 0 Å². The Labute approximate surface area is 349 Å². The van der Waals surface area contributed by atoms with Crippen molar-refractivity contribution in [3.8, 4) is 0 Å². The highest BCUT2D eigenvalue weighted by Crippen LogP contribution is 2.42. The Morgan fingerprint density at radius 2 is 1.68 bits per heavy atom. The highest BCUT2D eigenvalue weighted by Gasteiger charge is 2.52. The van der Waals surface area contributed by atoms with Crippen molar-refractivity contribution in [1.82, 2.24) is 0 Å². The van der Waals surface area contributed by atoms with Gasteiger partial charge in [-0.25, -0.2) is 9.59 Å². The minimum Gasteiger partial charge on any atom is -0.490 e. The maximum absolute atomic E-state index is 13.7. The van der Waals surface area contributed by atoms with Crippen molar-refractivity contribution >= 4 is 12.1 Å². The van der Waals surface area contributed by atoms with Gasteiger partial charge in [0.1, 0.15) is 12.2 Å². The molecule has 15 heteroatoms. The van der Waals surface area contributed by atoms with Crippen molar-refractivity contribution in [2.45, 2.75) is 155 Å². The fourth-order valence-electron chi connectivity index (χ4n) is 8.32. The summed E-state index contributed by atoms with van der Waals surface area (Å²) in [6, 6.07) is 0. The molecular weight excluding hydrogens is 766 g/mol. The van der Waals surface area contributed by atoms with Gasteiger partial charge in [-0.15, -0.1) is 0 Å². The zero-order chi connectivity index (χ0) is 44.4. The predicted octanol–water partition coefficient (Wildman–Crippen LogP) is 4.20. The van der Waals surface area contributed by atoms with Gasteiger partial charge in [0.15, 0.2) is 18.2 Å². The van der Waals surface area contributed by atoms with Gasteiger partial charge in [0, 0.05) is 49.5 Å². The molecule has 18 atom stereocenters. The van der Waals surface area contributed by atoms with Crippen LogP contribution in [-0.4, -0.2) is 125 Å². The van der Waals surface area contributed by atoms with Crippen molar-refractivity contribution in [2.24, 2.45) is 41.2 Å². The Morgan fingerprint density at radius 1 is 1.02 bits per heavy atom. The summed E-state index contributed by atoms with van der Waals surface area (Å²) in [5.41, 5.74) is 6.14. The van der Waals surface area contributed by atoms with Gasteiger partial charge in [-0.05, 0) is 39.2 Å². The van der Waals surface area contributed by atoms with Gasteiger partial charge in [0.05, 0.1) is 49.8 Å². The van der Waals surface area contributed by atoms with Crippen molar-refractivity contribution in [2.75, 3.05) is 14.2 Å². The minimum absolute atomic E-state index is 0.0309. The molecule has 0 aliphatic carbocycles. The monoisotopic (exact) mass is 837 g/mol. The maximum atomic E-state index is 13.7. The van der Waals surface area contributed by atoms with E-state index in [9.17, 15) is 35.1 Å². The molecule has 0 bridgehead atoms. The summed E-state index contributed by atoms with van der Waals surface area (Å²) in [5, 5.41) is 57.3. The number of carbonyl (C=O) groups excluding carboxylic acids is 2. The lowest BCUT2D eigenvalue weighted by Gasteiger charge is -2.49. The molecule has 15 nitrogen and oxygen atoms in total. The Hall–Kier alpha value is -3.12. The summed E-state index contributed by atoms with van der Waals surface area (Å²) in [6.07, 6.45) is 2.97. The summed E-state index contributed by atoms with van der Waals surface area (Å²) in [4.78, 5) is 25.1. The average molecular weight is 838 g/mol. The summed E-state index contributed by atoms with van der Waals surface area (Å²) in [6.45, 7) is 16.2. The zero-order valence-electron chi connectivity index (χ0n) is 36.5. The largest absolute Gasteiger partial charge is 0.490 e. The van der Waals surface area contributed by atoms with E-state index < -0.39 is 103 Å². The summed E-state index contributed by atoms with van der Waals surface area (Å²) < 4.78 is 41.1. The van der Waals surface area contributed by atoms with Crippen LogP contribution in [0.3, 0.4) is 0 Å². The molecule has 0 spiro atoms. The van der Waals surface area contributed by atoms with E-state index in [4.69, 9.17) is 38.9 Å². The quantitative estimate of drug-likeness (QED) is 0.134. The third-order valence-corrected chi connectivity index (χ3v) is 12.3. The van der Waals surface area contributed by atoms with Crippen molar-refractivity contribution in [3.63, 3.8) is 0 Å².